The van der Waals surface area contributed by atoms with Crippen LogP contribution >= 0.6 is 11.6 Å². The van der Waals surface area contributed by atoms with E-state index < -0.39 is 0 Å². The third kappa shape index (κ3) is 4.92. The Hall–Kier alpha value is -3.61. The molecule has 2 amide bonds. The quantitative estimate of drug-likeness (QED) is 0.441. The highest BCUT2D eigenvalue weighted by atomic mass is 35.5. The highest BCUT2D eigenvalue weighted by molar-refractivity contribution is 6.38. The SMILES string of the molecule is CNCCN(C(C)=O)c1ccc(N/C(=C2\C(=O)Nc3cc(Cl)ccc32)c2ccccc2)cc1. The van der Waals surface area contributed by atoms with Crippen molar-refractivity contribution in [1.29, 1.82) is 0 Å². The number of fused-ring (bicyclic) bond motifs is 1. The minimum atomic E-state index is -0.190. The van der Waals surface area contributed by atoms with Crippen LogP contribution in [0.5, 0.6) is 0 Å². The summed E-state index contributed by atoms with van der Waals surface area (Å²) in [6.45, 7) is 2.84. The number of amides is 2. The number of carbonyl (C=O) groups excluding carboxylic acids is 2. The van der Waals surface area contributed by atoms with Gasteiger partial charge < -0.3 is 20.9 Å². The molecule has 3 N–H and O–H groups in total. The monoisotopic (exact) mass is 460 g/mol. The molecule has 6 nitrogen and oxygen atoms in total. The highest BCUT2D eigenvalue weighted by Gasteiger charge is 2.28. The van der Waals surface area contributed by atoms with Crippen LogP contribution in [0.25, 0.3) is 11.3 Å². The van der Waals surface area contributed by atoms with Crippen molar-refractivity contribution in [2.24, 2.45) is 0 Å². The number of hydrogen-bond acceptors (Lipinski definition) is 4. The summed E-state index contributed by atoms with van der Waals surface area (Å²) in [5.74, 6) is -0.207. The van der Waals surface area contributed by atoms with Gasteiger partial charge in [-0.15, -0.1) is 0 Å². The van der Waals surface area contributed by atoms with Crippen LogP contribution in [0.4, 0.5) is 17.1 Å². The van der Waals surface area contributed by atoms with Crippen molar-refractivity contribution in [3.8, 4) is 0 Å². The van der Waals surface area contributed by atoms with Crippen LogP contribution in [0.1, 0.15) is 18.1 Å². The van der Waals surface area contributed by atoms with Gasteiger partial charge in [0, 0.05) is 42.0 Å². The van der Waals surface area contributed by atoms with Crippen LogP contribution in [-0.2, 0) is 9.59 Å². The van der Waals surface area contributed by atoms with Crippen molar-refractivity contribution >= 4 is 51.7 Å². The van der Waals surface area contributed by atoms with E-state index in [9.17, 15) is 9.59 Å². The molecule has 33 heavy (non-hydrogen) atoms. The number of benzene rings is 3. The zero-order chi connectivity index (χ0) is 23.4. The van der Waals surface area contributed by atoms with E-state index in [0.717, 1.165) is 22.5 Å². The van der Waals surface area contributed by atoms with Crippen LogP contribution in [-0.4, -0.2) is 32.0 Å². The van der Waals surface area contributed by atoms with Gasteiger partial charge in [-0.1, -0.05) is 48.0 Å². The van der Waals surface area contributed by atoms with Gasteiger partial charge in [0.2, 0.25) is 5.91 Å². The molecule has 168 valence electrons. The van der Waals surface area contributed by atoms with E-state index in [1.807, 2.05) is 67.7 Å². The summed E-state index contributed by atoms with van der Waals surface area (Å²) < 4.78 is 0. The molecular formula is C26H25ClN4O2. The van der Waals surface area contributed by atoms with E-state index in [4.69, 9.17) is 11.6 Å². The first-order chi connectivity index (χ1) is 16.0. The Balaban J connectivity index is 1.72. The molecule has 4 rings (SSSR count). The summed E-state index contributed by atoms with van der Waals surface area (Å²) in [5, 5.41) is 9.97. The Morgan fingerprint density at radius 3 is 2.42 bits per heavy atom. The summed E-state index contributed by atoms with van der Waals surface area (Å²) >= 11 is 6.12. The fourth-order valence-electron chi connectivity index (χ4n) is 3.84. The number of anilines is 3. The summed E-state index contributed by atoms with van der Waals surface area (Å²) in [6, 6.07) is 22.7. The van der Waals surface area contributed by atoms with Gasteiger partial charge in [0.15, 0.2) is 0 Å². The first-order valence-corrected chi connectivity index (χ1v) is 11.1. The number of nitrogens with one attached hydrogen (secondary N) is 3. The van der Waals surface area contributed by atoms with E-state index in [1.54, 1.807) is 24.0 Å². The number of halogens is 1. The average Bonchev–Trinajstić information content (AvgIpc) is 3.13. The standard InChI is InChI=1S/C26H25ClN4O2/c1-17(32)31(15-14-28-2)21-11-9-20(10-12-21)29-25(18-6-4-3-5-7-18)24-22-13-8-19(27)16-23(22)30-26(24)33/h3-13,16,28-29H,14-15H2,1-2H3,(H,30,33)/b25-24-. The zero-order valence-electron chi connectivity index (χ0n) is 18.5. The van der Waals surface area contributed by atoms with Gasteiger partial charge in [-0.25, -0.2) is 0 Å². The summed E-state index contributed by atoms with van der Waals surface area (Å²) in [7, 11) is 1.86. The van der Waals surface area contributed by atoms with Crippen molar-refractivity contribution in [2.75, 3.05) is 35.7 Å². The lowest BCUT2D eigenvalue weighted by atomic mass is 10.00. The Morgan fingerprint density at radius 2 is 1.76 bits per heavy atom. The molecule has 1 aliphatic rings. The molecule has 1 heterocycles. The molecule has 7 heteroatoms. The summed E-state index contributed by atoms with van der Waals surface area (Å²) in [6.07, 6.45) is 0. The Bertz CT molecular complexity index is 1210. The number of hydrogen-bond donors (Lipinski definition) is 3. The van der Waals surface area contributed by atoms with E-state index >= 15 is 0 Å². The highest BCUT2D eigenvalue weighted by Crippen LogP contribution is 2.38. The third-order valence-electron chi connectivity index (χ3n) is 5.45. The van der Waals surface area contributed by atoms with Crippen LogP contribution < -0.4 is 20.9 Å². The van der Waals surface area contributed by atoms with Crippen molar-refractivity contribution in [3.05, 3.63) is 88.9 Å². The Morgan fingerprint density at radius 1 is 1.03 bits per heavy atom. The second-order valence-corrected chi connectivity index (χ2v) is 8.14. The van der Waals surface area contributed by atoms with Crippen molar-refractivity contribution in [2.45, 2.75) is 6.92 Å². The molecule has 0 aromatic heterocycles. The lowest BCUT2D eigenvalue weighted by molar-refractivity contribution is -0.116. The fraction of sp³-hybridized carbons (Fsp3) is 0.154. The maximum Gasteiger partial charge on any atom is 0.258 e. The zero-order valence-corrected chi connectivity index (χ0v) is 19.2. The van der Waals surface area contributed by atoms with Gasteiger partial charge in [-0.05, 0) is 49.0 Å². The second-order valence-electron chi connectivity index (χ2n) is 7.71. The second kappa shape index (κ2) is 9.90. The van der Waals surface area contributed by atoms with Crippen LogP contribution in [0.3, 0.4) is 0 Å². The number of likely N-dealkylation sites (N-methyl/N-ethyl adjacent to an activating group) is 1. The number of nitrogens with zero attached hydrogens (tertiary/aromatic N) is 1. The molecule has 0 atom stereocenters. The minimum absolute atomic E-state index is 0.0176. The molecule has 0 aliphatic carbocycles. The first-order valence-electron chi connectivity index (χ1n) is 10.7. The van der Waals surface area contributed by atoms with Crippen molar-refractivity contribution < 1.29 is 9.59 Å². The average molecular weight is 461 g/mol. The fourth-order valence-corrected chi connectivity index (χ4v) is 4.01. The molecule has 3 aromatic rings. The molecule has 0 unspecified atom stereocenters. The smallest absolute Gasteiger partial charge is 0.258 e. The molecular weight excluding hydrogens is 436 g/mol. The molecule has 0 spiro atoms. The van der Waals surface area contributed by atoms with Gasteiger partial charge in [0.25, 0.3) is 5.91 Å². The minimum Gasteiger partial charge on any atom is -0.354 e. The van der Waals surface area contributed by atoms with E-state index in [1.165, 1.54) is 0 Å². The Kier molecular flexibility index (Phi) is 6.77. The predicted molar refractivity (Wildman–Crippen MR) is 135 cm³/mol. The van der Waals surface area contributed by atoms with E-state index in [-0.39, 0.29) is 11.8 Å². The lowest BCUT2D eigenvalue weighted by Crippen LogP contribution is -2.34. The maximum absolute atomic E-state index is 13.0. The first kappa shape index (κ1) is 22.6. The molecule has 0 fully saturated rings. The normalized spacial score (nSPS) is 13.8. The van der Waals surface area contributed by atoms with Crippen LogP contribution in [0, 0.1) is 0 Å². The van der Waals surface area contributed by atoms with Crippen LogP contribution in [0.15, 0.2) is 72.8 Å². The van der Waals surface area contributed by atoms with Gasteiger partial charge >= 0.3 is 0 Å². The predicted octanol–water partition coefficient (Wildman–Crippen LogP) is 4.84. The van der Waals surface area contributed by atoms with E-state index in [0.29, 0.717) is 35.1 Å². The molecule has 0 saturated heterocycles. The number of rotatable bonds is 7. The van der Waals surface area contributed by atoms with Gasteiger partial charge in [-0.2, -0.15) is 0 Å². The van der Waals surface area contributed by atoms with Crippen LogP contribution in [0.2, 0.25) is 5.02 Å². The molecule has 3 aromatic carbocycles. The lowest BCUT2D eigenvalue weighted by Gasteiger charge is -2.22. The molecule has 0 bridgehead atoms. The number of carbonyl (C=O) groups is 2. The van der Waals surface area contributed by atoms with Gasteiger partial charge in [0.05, 0.1) is 17.0 Å². The maximum atomic E-state index is 13.0. The summed E-state index contributed by atoms with van der Waals surface area (Å²) in [5.41, 5.74) is 5.23. The van der Waals surface area contributed by atoms with E-state index in [2.05, 4.69) is 16.0 Å². The summed E-state index contributed by atoms with van der Waals surface area (Å²) in [4.78, 5) is 26.8. The van der Waals surface area contributed by atoms with Crippen molar-refractivity contribution in [3.63, 3.8) is 0 Å². The molecule has 0 saturated carbocycles. The third-order valence-corrected chi connectivity index (χ3v) is 5.69. The Labute approximate surface area is 198 Å². The molecule has 1 aliphatic heterocycles. The molecule has 0 radical (unpaired) electrons. The van der Waals surface area contributed by atoms with Crippen molar-refractivity contribution in [1.82, 2.24) is 5.32 Å². The topological polar surface area (TPSA) is 73.5 Å². The largest absolute Gasteiger partial charge is 0.354 e. The van der Waals surface area contributed by atoms with Gasteiger partial charge in [0.1, 0.15) is 0 Å². The van der Waals surface area contributed by atoms with Gasteiger partial charge in [-0.3, -0.25) is 9.59 Å².